The fourth-order valence-corrected chi connectivity index (χ4v) is 1.83. The van der Waals surface area contributed by atoms with Gasteiger partial charge in [-0.05, 0) is 29.8 Å². The van der Waals surface area contributed by atoms with Gasteiger partial charge in [0.15, 0.2) is 0 Å². The lowest BCUT2D eigenvalue weighted by Gasteiger charge is -2.10. The maximum Gasteiger partial charge on any atom is 0.128 e. The summed E-state index contributed by atoms with van der Waals surface area (Å²) < 4.78 is 36.5. The summed E-state index contributed by atoms with van der Waals surface area (Å²) in [6.45, 7) is 0.399. The summed E-state index contributed by atoms with van der Waals surface area (Å²) in [7, 11) is 3.13. The minimum absolute atomic E-state index is 0.379. The Labute approximate surface area is 116 Å². The van der Waals surface area contributed by atoms with E-state index >= 15 is 0 Å². The predicted molar refractivity (Wildman–Crippen MR) is 73.2 cm³/mol. The lowest BCUT2D eigenvalue weighted by atomic mass is 10.2. The number of anilines is 1. The number of nitrogens with one attached hydrogen (secondary N) is 1. The summed E-state index contributed by atoms with van der Waals surface area (Å²) in [5.74, 6) is 0.0876. The molecule has 0 aliphatic heterocycles. The number of methoxy groups -OCH3 is 2. The van der Waals surface area contributed by atoms with Crippen LogP contribution in [-0.4, -0.2) is 14.2 Å². The molecular formula is C15H15F2NO2. The highest BCUT2D eigenvalue weighted by Crippen LogP contribution is 2.23. The lowest BCUT2D eigenvalue weighted by Crippen LogP contribution is -2.01. The average molecular weight is 279 g/mol. The highest BCUT2D eigenvalue weighted by Gasteiger charge is 2.04. The van der Waals surface area contributed by atoms with Gasteiger partial charge >= 0.3 is 0 Å². The Bertz CT molecular complexity index is 560. The zero-order valence-corrected chi connectivity index (χ0v) is 11.2. The number of ether oxygens (including phenoxy) is 2. The molecule has 2 aromatic rings. The van der Waals surface area contributed by atoms with Crippen LogP contribution in [0.1, 0.15) is 5.56 Å². The molecule has 2 rings (SSSR count). The lowest BCUT2D eigenvalue weighted by molar-refractivity contribution is 0.393. The average Bonchev–Trinajstić information content (AvgIpc) is 2.43. The van der Waals surface area contributed by atoms with E-state index in [-0.39, 0.29) is 0 Å². The largest absolute Gasteiger partial charge is 0.497 e. The van der Waals surface area contributed by atoms with E-state index in [2.05, 4.69) is 5.32 Å². The Morgan fingerprint density at radius 3 is 1.90 bits per heavy atom. The van der Waals surface area contributed by atoms with Crippen molar-refractivity contribution in [2.24, 2.45) is 0 Å². The van der Waals surface area contributed by atoms with Gasteiger partial charge < -0.3 is 14.8 Å². The van der Waals surface area contributed by atoms with Crippen molar-refractivity contribution in [3.63, 3.8) is 0 Å². The second-order valence-electron chi connectivity index (χ2n) is 4.23. The molecule has 0 amide bonds. The van der Waals surface area contributed by atoms with E-state index in [4.69, 9.17) is 9.47 Å². The molecule has 0 spiro atoms. The van der Waals surface area contributed by atoms with Crippen LogP contribution in [0.2, 0.25) is 0 Å². The Morgan fingerprint density at radius 2 is 1.40 bits per heavy atom. The summed E-state index contributed by atoms with van der Waals surface area (Å²) in [5, 5.41) is 2.95. The summed E-state index contributed by atoms with van der Waals surface area (Å²) in [4.78, 5) is 0. The van der Waals surface area contributed by atoms with Crippen molar-refractivity contribution in [2.45, 2.75) is 6.54 Å². The fraction of sp³-hybridized carbons (Fsp3) is 0.200. The van der Waals surface area contributed by atoms with Crippen LogP contribution in [0.4, 0.5) is 14.5 Å². The third kappa shape index (κ3) is 3.60. The first-order chi connectivity index (χ1) is 9.60. The molecular weight excluding hydrogens is 264 g/mol. The van der Waals surface area contributed by atoms with Crippen molar-refractivity contribution in [3.05, 3.63) is 53.6 Å². The monoisotopic (exact) mass is 279 g/mol. The molecule has 0 aromatic heterocycles. The van der Waals surface area contributed by atoms with E-state index in [1.54, 1.807) is 20.3 Å². The number of hydrogen-bond donors (Lipinski definition) is 1. The van der Waals surface area contributed by atoms with Gasteiger partial charge in [0.05, 0.1) is 14.2 Å². The first kappa shape index (κ1) is 14.1. The summed E-state index contributed by atoms with van der Waals surface area (Å²) >= 11 is 0. The zero-order chi connectivity index (χ0) is 14.5. The number of halogens is 2. The quantitative estimate of drug-likeness (QED) is 0.907. The molecule has 0 unspecified atom stereocenters. The molecule has 5 heteroatoms. The van der Waals surface area contributed by atoms with Crippen molar-refractivity contribution < 1.29 is 18.3 Å². The van der Waals surface area contributed by atoms with E-state index < -0.39 is 11.6 Å². The van der Waals surface area contributed by atoms with E-state index in [9.17, 15) is 8.78 Å². The molecule has 106 valence electrons. The topological polar surface area (TPSA) is 30.5 Å². The predicted octanol–water partition coefficient (Wildman–Crippen LogP) is 3.59. The third-order valence-corrected chi connectivity index (χ3v) is 2.77. The Hall–Kier alpha value is -2.30. The van der Waals surface area contributed by atoms with Gasteiger partial charge in [-0.25, -0.2) is 8.78 Å². The first-order valence-electron chi connectivity index (χ1n) is 6.02. The highest BCUT2D eigenvalue weighted by molar-refractivity contribution is 5.46. The third-order valence-electron chi connectivity index (χ3n) is 2.77. The van der Waals surface area contributed by atoms with Crippen molar-refractivity contribution in [2.75, 3.05) is 19.5 Å². The van der Waals surface area contributed by atoms with Gasteiger partial charge in [0.2, 0.25) is 0 Å². The zero-order valence-electron chi connectivity index (χ0n) is 11.2. The molecule has 3 nitrogen and oxygen atoms in total. The van der Waals surface area contributed by atoms with Crippen LogP contribution in [0.5, 0.6) is 11.5 Å². The summed E-state index contributed by atoms with van der Waals surface area (Å²) in [6, 6.07) is 8.71. The molecule has 1 N–H and O–H groups in total. The van der Waals surface area contributed by atoms with Crippen molar-refractivity contribution >= 4 is 5.69 Å². The molecule has 2 aromatic carbocycles. The second kappa shape index (κ2) is 6.23. The Morgan fingerprint density at radius 1 is 0.850 bits per heavy atom. The minimum atomic E-state index is -0.615. The van der Waals surface area contributed by atoms with Crippen molar-refractivity contribution in [1.29, 1.82) is 0 Å². The molecule has 0 aliphatic rings. The van der Waals surface area contributed by atoms with Gasteiger partial charge in [0, 0.05) is 24.4 Å². The van der Waals surface area contributed by atoms with E-state index in [1.165, 1.54) is 12.1 Å². The number of rotatable bonds is 5. The molecule has 0 saturated heterocycles. The van der Waals surface area contributed by atoms with Crippen molar-refractivity contribution in [1.82, 2.24) is 0 Å². The van der Waals surface area contributed by atoms with Crippen LogP contribution >= 0.6 is 0 Å². The summed E-state index contributed by atoms with van der Waals surface area (Å²) in [5.41, 5.74) is 1.26. The smallest absolute Gasteiger partial charge is 0.128 e. The van der Waals surface area contributed by atoms with Crippen LogP contribution in [-0.2, 0) is 6.54 Å². The van der Waals surface area contributed by atoms with Gasteiger partial charge in [-0.1, -0.05) is 0 Å². The minimum Gasteiger partial charge on any atom is -0.497 e. The van der Waals surface area contributed by atoms with Crippen LogP contribution in [0, 0.1) is 11.6 Å². The maximum absolute atomic E-state index is 13.1. The Kier molecular flexibility index (Phi) is 4.40. The molecule has 0 aliphatic carbocycles. The van der Waals surface area contributed by atoms with Crippen LogP contribution in [0.3, 0.4) is 0 Å². The standard InChI is InChI=1S/C15H15F2NO2/c1-19-14-3-10(4-15(8-14)20-2)9-18-13-6-11(16)5-12(17)7-13/h3-8,18H,9H2,1-2H3. The SMILES string of the molecule is COc1cc(CNc2cc(F)cc(F)c2)cc(OC)c1. The molecule has 0 fully saturated rings. The molecule has 0 bridgehead atoms. The van der Waals surface area contributed by atoms with E-state index in [0.717, 1.165) is 11.6 Å². The molecule has 0 saturated carbocycles. The Balaban J connectivity index is 2.13. The van der Waals surface area contributed by atoms with Crippen LogP contribution in [0.15, 0.2) is 36.4 Å². The number of benzene rings is 2. The van der Waals surface area contributed by atoms with Crippen LogP contribution < -0.4 is 14.8 Å². The van der Waals surface area contributed by atoms with E-state index in [1.807, 2.05) is 12.1 Å². The molecule has 0 radical (unpaired) electrons. The summed E-state index contributed by atoms with van der Waals surface area (Å²) in [6.07, 6.45) is 0. The highest BCUT2D eigenvalue weighted by atomic mass is 19.1. The normalized spacial score (nSPS) is 10.2. The second-order valence-corrected chi connectivity index (χ2v) is 4.23. The molecule has 0 atom stereocenters. The van der Waals surface area contributed by atoms with Gasteiger partial charge in [-0.2, -0.15) is 0 Å². The van der Waals surface area contributed by atoms with Crippen LogP contribution in [0.25, 0.3) is 0 Å². The van der Waals surface area contributed by atoms with Gasteiger partial charge in [0.1, 0.15) is 23.1 Å². The fourth-order valence-electron chi connectivity index (χ4n) is 1.83. The van der Waals surface area contributed by atoms with Crippen molar-refractivity contribution in [3.8, 4) is 11.5 Å². The molecule has 0 heterocycles. The first-order valence-corrected chi connectivity index (χ1v) is 6.02. The maximum atomic E-state index is 13.1. The van der Waals surface area contributed by atoms with Gasteiger partial charge in [-0.15, -0.1) is 0 Å². The van der Waals surface area contributed by atoms with Gasteiger partial charge in [-0.3, -0.25) is 0 Å². The molecule has 20 heavy (non-hydrogen) atoms. The number of hydrogen-bond acceptors (Lipinski definition) is 3. The van der Waals surface area contributed by atoms with E-state index in [0.29, 0.717) is 23.7 Å². The van der Waals surface area contributed by atoms with Gasteiger partial charge in [0.25, 0.3) is 0 Å².